The number of phenols is 2. The van der Waals surface area contributed by atoms with Crippen LogP contribution in [0.3, 0.4) is 0 Å². The van der Waals surface area contributed by atoms with Crippen LogP contribution >= 0.6 is 0 Å². The van der Waals surface area contributed by atoms with Gasteiger partial charge in [-0.25, -0.2) is 0 Å². The Morgan fingerprint density at radius 2 is 1.47 bits per heavy atom. The van der Waals surface area contributed by atoms with E-state index in [1.54, 1.807) is 12.1 Å². The molecule has 1 heterocycles. The van der Waals surface area contributed by atoms with E-state index in [-0.39, 0.29) is 23.0 Å². The summed E-state index contributed by atoms with van der Waals surface area (Å²) in [6.07, 6.45) is 9.36. The van der Waals surface area contributed by atoms with Crippen molar-refractivity contribution in [3.63, 3.8) is 0 Å². The molecule has 236 valence electrons. The lowest BCUT2D eigenvalue weighted by atomic mass is 9.94. The third-order valence-electron chi connectivity index (χ3n) is 8.59. The van der Waals surface area contributed by atoms with Crippen LogP contribution in [0.4, 0.5) is 5.69 Å². The standard InChI is InChI=1S/C43H42N2O2/c1-5-15-33(28-31(35-20-9-13-25-42(35)47)18-14-17-30-16-6-12-24-41(30)46)44-38-22-10-7-19-34(38)32-26-27-40-37(29-32)36-21-8-11-23-39(36)45(40)43(2,3)4/h5-14,16,18-29,31,44,46-47H,1,15,17H2,2-4H3/b18-14-,33-28-. The second-order valence-electron chi connectivity index (χ2n) is 13.0. The maximum Gasteiger partial charge on any atom is 0.119 e. The van der Waals surface area contributed by atoms with Crippen molar-refractivity contribution in [3.05, 3.63) is 163 Å². The molecule has 0 aliphatic heterocycles. The van der Waals surface area contributed by atoms with E-state index in [1.165, 1.54) is 21.8 Å². The zero-order valence-corrected chi connectivity index (χ0v) is 27.3. The third kappa shape index (κ3) is 6.73. The minimum Gasteiger partial charge on any atom is -0.508 e. The van der Waals surface area contributed by atoms with Crippen LogP contribution in [-0.2, 0) is 12.0 Å². The second-order valence-corrected chi connectivity index (χ2v) is 13.0. The first-order chi connectivity index (χ1) is 22.7. The number of anilines is 1. The zero-order valence-electron chi connectivity index (χ0n) is 27.3. The number of nitrogens with zero attached hydrogens (tertiary/aromatic N) is 1. The van der Waals surface area contributed by atoms with Gasteiger partial charge in [0.25, 0.3) is 0 Å². The van der Waals surface area contributed by atoms with Crippen LogP contribution in [0.1, 0.15) is 44.2 Å². The summed E-state index contributed by atoms with van der Waals surface area (Å²) in [6.45, 7) is 10.8. The number of phenolic OH excluding ortho intramolecular Hbond substituents is 2. The predicted octanol–water partition coefficient (Wildman–Crippen LogP) is 11.1. The maximum absolute atomic E-state index is 10.8. The monoisotopic (exact) mass is 618 g/mol. The van der Waals surface area contributed by atoms with Crippen molar-refractivity contribution < 1.29 is 10.2 Å². The van der Waals surface area contributed by atoms with Crippen LogP contribution in [0.15, 0.2) is 152 Å². The molecule has 47 heavy (non-hydrogen) atoms. The number of hydrogen-bond acceptors (Lipinski definition) is 3. The number of allylic oxidation sites excluding steroid dienone is 4. The van der Waals surface area contributed by atoms with Gasteiger partial charge in [-0.1, -0.05) is 103 Å². The van der Waals surface area contributed by atoms with Crippen molar-refractivity contribution in [1.82, 2.24) is 4.57 Å². The first kappa shape index (κ1) is 31.5. The fraction of sp³-hybridized carbons (Fsp3) is 0.163. The number of fused-ring (bicyclic) bond motifs is 3. The Morgan fingerprint density at radius 3 is 2.23 bits per heavy atom. The Labute approximate surface area is 277 Å². The number of nitrogens with one attached hydrogen (secondary N) is 1. The van der Waals surface area contributed by atoms with Gasteiger partial charge in [0.2, 0.25) is 0 Å². The van der Waals surface area contributed by atoms with E-state index in [1.807, 2.05) is 54.6 Å². The number of aromatic nitrogens is 1. The lowest BCUT2D eigenvalue weighted by Gasteiger charge is -2.24. The number of hydrogen-bond donors (Lipinski definition) is 3. The maximum atomic E-state index is 10.8. The molecular weight excluding hydrogens is 576 g/mol. The van der Waals surface area contributed by atoms with Gasteiger partial charge in [-0.05, 0) is 74.7 Å². The summed E-state index contributed by atoms with van der Waals surface area (Å²) in [5, 5.41) is 27.3. The van der Waals surface area contributed by atoms with E-state index in [0.29, 0.717) is 12.8 Å². The third-order valence-corrected chi connectivity index (χ3v) is 8.59. The van der Waals surface area contributed by atoms with E-state index in [0.717, 1.165) is 33.6 Å². The summed E-state index contributed by atoms with van der Waals surface area (Å²) in [7, 11) is 0. The highest BCUT2D eigenvalue weighted by Gasteiger charge is 2.21. The highest BCUT2D eigenvalue weighted by molar-refractivity contribution is 6.09. The highest BCUT2D eigenvalue weighted by Crippen LogP contribution is 2.38. The van der Waals surface area contributed by atoms with Gasteiger partial charge >= 0.3 is 0 Å². The van der Waals surface area contributed by atoms with Crippen LogP contribution in [0.2, 0.25) is 0 Å². The van der Waals surface area contributed by atoms with Crippen molar-refractivity contribution in [2.24, 2.45) is 0 Å². The summed E-state index contributed by atoms with van der Waals surface area (Å²) in [5.41, 5.74) is 8.25. The fourth-order valence-electron chi connectivity index (χ4n) is 6.46. The zero-order chi connectivity index (χ0) is 33.0. The molecule has 0 saturated carbocycles. The van der Waals surface area contributed by atoms with E-state index in [2.05, 4.69) is 110 Å². The van der Waals surface area contributed by atoms with Crippen LogP contribution in [-0.4, -0.2) is 14.8 Å². The molecule has 4 nitrogen and oxygen atoms in total. The summed E-state index contributed by atoms with van der Waals surface area (Å²) in [5.74, 6) is 0.303. The largest absolute Gasteiger partial charge is 0.508 e. The van der Waals surface area contributed by atoms with Crippen LogP contribution in [0.5, 0.6) is 11.5 Å². The van der Waals surface area contributed by atoms with Gasteiger partial charge < -0.3 is 20.1 Å². The molecule has 0 spiro atoms. The topological polar surface area (TPSA) is 57.4 Å². The van der Waals surface area contributed by atoms with Gasteiger partial charge in [0, 0.05) is 62.2 Å². The van der Waals surface area contributed by atoms with E-state index < -0.39 is 0 Å². The van der Waals surface area contributed by atoms with Gasteiger partial charge in [0.1, 0.15) is 11.5 Å². The molecule has 1 unspecified atom stereocenters. The highest BCUT2D eigenvalue weighted by atomic mass is 16.3. The van der Waals surface area contributed by atoms with Gasteiger partial charge in [-0.15, -0.1) is 6.58 Å². The molecule has 6 aromatic rings. The molecular formula is C43H42N2O2. The minimum absolute atomic E-state index is 0.0631. The fourth-order valence-corrected chi connectivity index (χ4v) is 6.46. The molecule has 0 amide bonds. The van der Waals surface area contributed by atoms with Crippen molar-refractivity contribution in [1.29, 1.82) is 0 Å². The Morgan fingerprint density at radius 1 is 0.787 bits per heavy atom. The number of para-hydroxylation sites is 4. The number of benzene rings is 5. The first-order valence-electron chi connectivity index (χ1n) is 16.2. The Bertz CT molecular complexity index is 2110. The number of rotatable bonds is 10. The molecule has 4 heteroatoms. The van der Waals surface area contributed by atoms with E-state index in [4.69, 9.17) is 0 Å². The Balaban J connectivity index is 1.39. The quantitative estimate of drug-likeness (QED) is 0.134. The lowest BCUT2D eigenvalue weighted by molar-refractivity contribution is 0.423. The minimum atomic E-state index is -0.212. The Hall–Kier alpha value is -5.48. The normalized spacial score (nSPS) is 13.0. The van der Waals surface area contributed by atoms with Crippen molar-refractivity contribution in [3.8, 4) is 22.6 Å². The smallest absolute Gasteiger partial charge is 0.119 e. The van der Waals surface area contributed by atoms with Crippen molar-refractivity contribution in [2.75, 3.05) is 5.32 Å². The SMILES string of the molecule is C=CC/C(=C/C(/C=C\Cc1ccccc1O)c1ccccc1O)Nc1ccccc1-c1ccc2c(c1)c1ccccc1n2C(C)(C)C. The van der Waals surface area contributed by atoms with Crippen LogP contribution in [0, 0.1) is 0 Å². The summed E-state index contributed by atoms with van der Waals surface area (Å²) in [4.78, 5) is 0. The van der Waals surface area contributed by atoms with Crippen LogP contribution < -0.4 is 5.32 Å². The average Bonchev–Trinajstić information content (AvgIpc) is 3.40. The molecule has 0 bridgehead atoms. The molecule has 0 saturated heterocycles. The van der Waals surface area contributed by atoms with Gasteiger partial charge in [-0.2, -0.15) is 0 Å². The molecule has 3 N–H and O–H groups in total. The average molecular weight is 619 g/mol. The summed E-state index contributed by atoms with van der Waals surface area (Å²) < 4.78 is 2.43. The lowest BCUT2D eigenvalue weighted by Crippen LogP contribution is -2.21. The molecule has 5 aromatic carbocycles. The molecule has 0 radical (unpaired) electrons. The van der Waals surface area contributed by atoms with Gasteiger partial charge in [-0.3, -0.25) is 0 Å². The Kier molecular flexibility index (Phi) is 9.03. The predicted molar refractivity (Wildman–Crippen MR) is 198 cm³/mol. The summed E-state index contributed by atoms with van der Waals surface area (Å²) >= 11 is 0. The molecule has 0 aliphatic rings. The molecule has 0 aliphatic carbocycles. The molecule has 1 atom stereocenters. The molecule has 6 rings (SSSR count). The summed E-state index contributed by atoms with van der Waals surface area (Å²) in [6, 6.07) is 38.6. The van der Waals surface area contributed by atoms with Crippen molar-refractivity contribution in [2.45, 2.75) is 45.1 Å². The van der Waals surface area contributed by atoms with Gasteiger partial charge in [0.05, 0.1) is 0 Å². The second kappa shape index (κ2) is 13.5. The first-order valence-corrected chi connectivity index (χ1v) is 16.2. The molecule has 0 fully saturated rings. The van der Waals surface area contributed by atoms with Gasteiger partial charge in [0.15, 0.2) is 0 Å². The van der Waals surface area contributed by atoms with E-state index >= 15 is 0 Å². The van der Waals surface area contributed by atoms with E-state index in [9.17, 15) is 10.2 Å². The van der Waals surface area contributed by atoms with Crippen molar-refractivity contribution >= 4 is 27.5 Å². The van der Waals surface area contributed by atoms with Crippen LogP contribution in [0.25, 0.3) is 32.9 Å². The molecule has 1 aromatic heterocycles. The number of aromatic hydroxyl groups is 2.